The van der Waals surface area contributed by atoms with Gasteiger partial charge in [0.05, 0.1) is 0 Å². The van der Waals surface area contributed by atoms with E-state index in [1.165, 1.54) is 24.0 Å². The maximum absolute atomic E-state index is 4.10. The molecule has 1 fully saturated rings. The van der Waals surface area contributed by atoms with E-state index in [1.807, 2.05) is 12.4 Å². The molecule has 1 atom stereocenters. The van der Waals surface area contributed by atoms with Crippen molar-refractivity contribution in [1.82, 2.24) is 9.88 Å². The number of pyridine rings is 1. The first-order chi connectivity index (χ1) is 9.83. The molecule has 0 spiro atoms. The van der Waals surface area contributed by atoms with Crippen molar-refractivity contribution in [3.8, 4) is 0 Å². The maximum Gasteiger partial charge on any atom is 0.0271 e. The van der Waals surface area contributed by atoms with Crippen molar-refractivity contribution >= 4 is 0 Å². The van der Waals surface area contributed by atoms with E-state index in [9.17, 15) is 0 Å². The molecule has 2 heteroatoms. The fourth-order valence-electron chi connectivity index (χ4n) is 2.74. The van der Waals surface area contributed by atoms with Crippen LogP contribution < -0.4 is 0 Å². The molecule has 2 aromatic rings. The minimum atomic E-state index is 0.582. The molecular weight excluding hydrogens is 244 g/mol. The van der Waals surface area contributed by atoms with E-state index in [0.29, 0.717) is 5.92 Å². The largest absolute Gasteiger partial charge is 0.296 e. The molecule has 1 aliphatic carbocycles. The Hall–Kier alpha value is -1.67. The molecule has 1 aromatic heterocycles. The molecule has 1 aromatic carbocycles. The smallest absolute Gasteiger partial charge is 0.0271 e. The average Bonchev–Trinajstić information content (AvgIpc) is 3.33. The standard InChI is InChI=1S/C18H22N2/c1-15(17-5-3-2-4-6-17)13-20(18-7-8-18)14-16-9-11-19-12-10-16/h2-6,9-12,15,18H,7-8,13-14H2,1H3. The van der Waals surface area contributed by atoms with E-state index in [0.717, 1.165) is 19.1 Å². The highest BCUT2D eigenvalue weighted by atomic mass is 15.2. The van der Waals surface area contributed by atoms with Crippen molar-refractivity contribution in [2.75, 3.05) is 6.54 Å². The van der Waals surface area contributed by atoms with Crippen LogP contribution in [0.2, 0.25) is 0 Å². The van der Waals surface area contributed by atoms with Crippen LogP contribution in [0.25, 0.3) is 0 Å². The van der Waals surface area contributed by atoms with E-state index in [-0.39, 0.29) is 0 Å². The molecule has 3 rings (SSSR count). The number of aromatic nitrogens is 1. The van der Waals surface area contributed by atoms with Crippen LogP contribution in [0, 0.1) is 0 Å². The lowest BCUT2D eigenvalue weighted by Crippen LogP contribution is -2.29. The summed E-state index contributed by atoms with van der Waals surface area (Å²) in [6.07, 6.45) is 6.49. The average molecular weight is 266 g/mol. The van der Waals surface area contributed by atoms with Gasteiger partial charge in [0.25, 0.3) is 0 Å². The third-order valence-electron chi connectivity index (χ3n) is 4.08. The Kier molecular flexibility index (Phi) is 4.12. The molecule has 1 unspecified atom stereocenters. The van der Waals surface area contributed by atoms with Crippen LogP contribution in [0.3, 0.4) is 0 Å². The summed E-state index contributed by atoms with van der Waals surface area (Å²) in [5.41, 5.74) is 2.81. The van der Waals surface area contributed by atoms with Crippen LogP contribution in [0.5, 0.6) is 0 Å². The molecule has 2 nitrogen and oxygen atoms in total. The third kappa shape index (κ3) is 3.45. The lowest BCUT2D eigenvalue weighted by molar-refractivity contribution is 0.242. The fraction of sp³-hybridized carbons (Fsp3) is 0.389. The van der Waals surface area contributed by atoms with Crippen LogP contribution in [0.15, 0.2) is 54.9 Å². The fourth-order valence-corrected chi connectivity index (χ4v) is 2.74. The first kappa shape index (κ1) is 13.3. The Morgan fingerprint density at radius 3 is 2.45 bits per heavy atom. The molecule has 0 bridgehead atoms. The summed E-state index contributed by atoms with van der Waals surface area (Å²) in [6.45, 7) is 4.51. The van der Waals surface area contributed by atoms with Gasteiger partial charge in [-0.05, 0) is 42.0 Å². The van der Waals surface area contributed by atoms with Gasteiger partial charge in [0.2, 0.25) is 0 Å². The molecular formula is C18H22N2. The van der Waals surface area contributed by atoms with Gasteiger partial charge < -0.3 is 0 Å². The van der Waals surface area contributed by atoms with Crippen LogP contribution in [-0.2, 0) is 6.54 Å². The molecule has 0 radical (unpaired) electrons. The van der Waals surface area contributed by atoms with Crippen molar-refractivity contribution in [1.29, 1.82) is 0 Å². The zero-order valence-electron chi connectivity index (χ0n) is 12.1. The van der Waals surface area contributed by atoms with Gasteiger partial charge in [-0.15, -0.1) is 0 Å². The highest BCUT2D eigenvalue weighted by Gasteiger charge is 2.29. The van der Waals surface area contributed by atoms with Gasteiger partial charge in [-0.25, -0.2) is 0 Å². The summed E-state index contributed by atoms with van der Waals surface area (Å²) in [6, 6.07) is 15.9. The highest BCUT2D eigenvalue weighted by molar-refractivity contribution is 5.19. The summed E-state index contributed by atoms with van der Waals surface area (Å²) >= 11 is 0. The van der Waals surface area contributed by atoms with E-state index >= 15 is 0 Å². The Bertz CT molecular complexity index is 520. The van der Waals surface area contributed by atoms with E-state index < -0.39 is 0 Å². The second-order valence-corrected chi connectivity index (χ2v) is 5.83. The topological polar surface area (TPSA) is 16.1 Å². The monoisotopic (exact) mass is 266 g/mol. The minimum Gasteiger partial charge on any atom is -0.296 e. The third-order valence-corrected chi connectivity index (χ3v) is 4.08. The zero-order chi connectivity index (χ0) is 13.8. The van der Waals surface area contributed by atoms with Crippen LogP contribution >= 0.6 is 0 Å². The molecule has 0 saturated heterocycles. The quantitative estimate of drug-likeness (QED) is 0.789. The Morgan fingerprint density at radius 1 is 1.10 bits per heavy atom. The summed E-state index contributed by atoms with van der Waals surface area (Å²) in [5.74, 6) is 0.582. The van der Waals surface area contributed by atoms with Gasteiger partial charge in [-0.2, -0.15) is 0 Å². The lowest BCUT2D eigenvalue weighted by Gasteiger charge is -2.26. The van der Waals surface area contributed by atoms with Crippen LogP contribution in [0.4, 0.5) is 0 Å². The Balaban J connectivity index is 1.66. The summed E-state index contributed by atoms with van der Waals surface area (Å²) in [5, 5.41) is 0. The second-order valence-electron chi connectivity index (χ2n) is 5.83. The van der Waals surface area contributed by atoms with Gasteiger partial charge in [-0.1, -0.05) is 37.3 Å². The van der Waals surface area contributed by atoms with Gasteiger partial charge in [0.15, 0.2) is 0 Å². The van der Waals surface area contributed by atoms with Gasteiger partial charge >= 0.3 is 0 Å². The summed E-state index contributed by atoms with van der Waals surface area (Å²) in [4.78, 5) is 6.74. The van der Waals surface area contributed by atoms with Crippen LogP contribution in [-0.4, -0.2) is 22.5 Å². The van der Waals surface area contributed by atoms with Crippen LogP contribution in [0.1, 0.15) is 36.8 Å². The predicted molar refractivity (Wildman–Crippen MR) is 82.5 cm³/mol. The molecule has 1 saturated carbocycles. The predicted octanol–water partition coefficient (Wildman–Crippen LogP) is 3.85. The number of rotatable bonds is 6. The van der Waals surface area contributed by atoms with Gasteiger partial charge in [0.1, 0.15) is 0 Å². The number of hydrogen-bond acceptors (Lipinski definition) is 2. The first-order valence-electron chi connectivity index (χ1n) is 7.51. The Morgan fingerprint density at radius 2 is 1.80 bits per heavy atom. The second kappa shape index (κ2) is 6.19. The van der Waals surface area contributed by atoms with Crippen molar-refractivity contribution < 1.29 is 0 Å². The number of hydrogen-bond donors (Lipinski definition) is 0. The number of benzene rings is 1. The molecule has 0 aliphatic heterocycles. The summed E-state index contributed by atoms with van der Waals surface area (Å²) in [7, 11) is 0. The molecule has 0 amide bonds. The van der Waals surface area contributed by atoms with E-state index in [1.54, 1.807) is 0 Å². The Labute approximate surface area is 121 Å². The van der Waals surface area contributed by atoms with Crippen molar-refractivity contribution in [3.05, 3.63) is 66.0 Å². The molecule has 1 heterocycles. The zero-order valence-corrected chi connectivity index (χ0v) is 12.1. The minimum absolute atomic E-state index is 0.582. The highest BCUT2D eigenvalue weighted by Crippen LogP contribution is 2.30. The maximum atomic E-state index is 4.10. The van der Waals surface area contributed by atoms with Crippen molar-refractivity contribution in [2.24, 2.45) is 0 Å². The van der Waals surface area contributed by atoms with Gasteiger partial charge in [0, 0.05) is 31.5 Å². The normalized spacial score (nSPS) is 16.3. The number of nitrogens with zero attached hydrogens (tertiary/aromatic N) is 2. The van der Waals surface area contributed by atoms with E-state index in [2.05, 4.69) is 59.3 Å². The van der Waals surface area contributed by atoms with Crippen molar-refractivity contribution in [2.45, 2.75) is 38.3 Å². The molecule has 0 N–H and O–H groups in total. The molecule has 104 valence electrons. The molecule has 1 aliphatic rings. The first-order valence-corrected chi connectivity index (χ1v) is 7.51. The SMILES string of the molecule is CC(CN(Cc1ccncc1)C1CC1)c1ccccc1. The van der Waals surface area contributed by atoms with E-state index in [4.69, 9.17) is 0 Å². The van der Waals surface area contributed by atoms with Crippen molar-refractivity contribution in [3.63, 3.8) is 0 Å². The van der Waals surface area contributed by atoms with Gasteiger partial charge in [-0.3, -0.25) is 9.88 Å². The summed E-state index contributed by atoms with van der Waals surface area (Å²) < 4.78 is 0. The molecule has 20 heavy (non-hydrogen) atoms. The lowest BCUT2D eigenvalue weighted by atomic mass is 10.0.